The van der Waals surface area contributed by atoms with Crippen molar-refractivity contribution in [3.8, 4) is 23.0 Å². The quantitative estimate of drug-likeness (QED) is 0.562. The van der Waals surface area contributed by atoms with Crippen LogP contribution in [0, 0.1) is 24.1 Å². The predicted octanol–water partition coefficient (Wildman–Crippen LogP) is 3.35. The number of piperidine rings is 1. The minimum atomic E-state index is -2.44. The summed E-state index contributed by atoms with van der Waals surface area (Å²) >= 11 is 0. The molecule has 3 aromatic rings. The van der Waals surface area contributed by atoms with Gasteiger partial charge in [0, 0.05) is 31.5 Å². The number of pyridine rings is 1. The van der Waals surface area contributed by atoms with Crippen LogP contribution in [0.2, 0.25) is 0 Å². The molecule has 188 valence electrons. The SMILES string of the molecule is Cc1c(-c2c[nH]n(-c3ccc(C(=O)N4CCC[C@H](N(C)CC(F)F)C4)cn3)c2=O)ccc(C#N)c1F. The van der Waals surface area contributed by atoms with Gasteiger partial charge in [-0.3, -0.25) is 19.6 Å². The van der Waals surface area contributed by atoms with Crippen LogP contribution in [0.5, 0.6) is 0 Å². The van der Waals surface area contributed by atoms with Gasteiger partial charge in [-0.1, -0.05) is 6.07 Å². The number of carbonyl (C=O) groups excluding carboxylic acids is 1. The number of hydrogen-bond acceptors (Lipinski definition) is 5. The van der Waals surface area contributed by atoms with Crippen LogP contribution < -0.4 is 5.56 Å². The molecule has 36 heavy (non-hydrogen) atoms. The smallest absolute Gasteiger partial charge is 0.280 e. The van der Waals surface area contributed by atoms with E-state index in [9.17, 15) is 22.8 Å². The van der Waals surface area contributed by atoms with Gasteiger partial charge in [0.15, 0.2) is 5.82 Å². The molecule has 3 heterocycles. The third-order valence-corrected chi connectivity index (χ3v) is 6.53. The fourth-order valence-electron chi connectivity index (χ4n) is 4.49. The van der Waals surface area contributed by atoms with E-state index in [4.69, 9.17) is 5.26 Å². The van der Waals surface area contributed by atoms with Crippen LogP contribution in [-0.2, 0) is 0 Å². The number of carbonyl (C=O) groups is 1. The molecule has 4 rings (SSSR count). The first-order chi connectivity index (χ1) is 17.2. The number of alkyl halides is 2. The maximum Gasteiger partial charge on any atom is 0.280 e. The summed E-state index contributed by atoms with van der Waals surface area (Å²) in [6, 6.07) is 7.54. The number of benzene rings is 1. The zero-order valence-corrected chi connectivity index (χ0v) is 19.8. The Labute approximate surface area is 205 Å². The number of H-pyrrole nitrogens is 1. The zero-order chi connectivity index (χ0) is 26.0. The molecule has 8 nitrogen and oxygen atoms in total. The van der Waals surface area contributed by atoms with Crippen molar-refractivity contribution in [1.29, 1.82) is 5.26 Å². The third kappa shape index (κ3) is 4.90. The largest absolute Gasteiger partial charge is 0.337 e. The molecule has 1 fully saturated rings. The van der Waals surface area contributed by atoms with E-state index in [0.717, 1.165) is 6.42 Å². The van der Waals surface area contributed by atoms with Crippen molar-refractivity contribution in [1.82, 2.24) is 24.6 Å². The first-order valence-electron chi connectivity index (χ1n) is 11.4. The molecule has 0 saturated carbocycles. The Morgan fingerprint density at radius 3 is 2.75 bits per heavy atom. The van der Waals surface area contributed by atoms with Gasteiger partial charge in [-0.05, 0) is 56.1 Å². The van der Waals surface area contributed by atoms with Crippen molar-refractivity contribution in [3.63, 3.8) is 0 Å². The molecule has 0 radical (unpaired) electrons. The molecule has 1 aromatic carbocycles. The van der Waals surface area contributed by atoms with Crippen molar-refractivity contribution in [2.24, 2.45) is 0 Å². The van der Waals surface area contributed by atoms with E-state index in [1.54, 1.807) is 29.0 Å². The van der Waals surface area contributed by atoms with E-state index >= 15 is 0 Å². The topological polar surface area (TPSA) is 98.0 Å². The maximum absolute atomic E-state index is 14.4. The highest BCUT2D eigenvalue weighted by Gasteiger charge is 2.28. The summed E-state index contributed by atoms with van der Waals surface area (Å²) in [5.74, 6) is -0.696. The first kappa shape index (κ1) is 25.2. The lowest BCUT2D eigenvalue weighted by molar-refractivity contribution is 0.0439. The van der Waals surface area contributed by atoms with Crippen molar-refractivity contribution in [2.45, 2.75) is 32.2 Å². The zero-order valence-electron chi connectivity index (χ0n) is 19.8. The molecule has 0 unspecified atom stereocenters. The first-order valence-corrected chi connectivity index (χ1v) is 11.4. The molecule has 1 aliphatic rings. The Morgan fingerprint density at radius 1 is 1.31 bits per heavy atom. The Balaban J connectivity index is 1.52. The van der Waals surface area contributed by atoms with E-state index in [1.165, 1.54) is 42.2 Å². The second-order valence-corrected chi connectivity index (χ2v) is 8.82. The lowest BCUT2D eigenvalue weighted by Gasteiger charge is -2.37. The maximum atomic E-state index is 14.4. The summed E-state index contributed by atoms with van der Waals surface area (Å²) in [5.41, 5.74) is 0.510. The number of rotatable bonds is 6. The van der Waals surface area contributed by atoms with Gasteiger partial charge in [0.1, 0.15) is 11.9 Å². The van der Waals surface area contributed by atoms with Gasteiger partial charge < -0.3 is 4.90 Å². The molecule has 0 spiro atoms. The van der Waals surface area contributed by atoms with E-state index in [-0.39, 0.29) is 41.0 Å². The Hall–Kier alpha value is -3.91. The van der Waals surface area contributed by atoms with E-state index in [0.29, 0.717) is 30.6 Å². The number of halogens is 3. The fraction of sp³-hybridized carbons (Fsp3) is 0.360. The van der Waals surface area contributed by atoms with Gasteiger partial charge in [-0.25, -0.2) is 22.8 Å². The number of amides is 1. The molecule has 0 aliphatic carbocycles. The minimum absolute atomic E-state index is 0.102. The number of likely N-dealkylation sites (N-methyl/N-ethyl adjacent to an activating group) is 1. The summed E-state index contributed by atoms with van der Waals surface area (Å²) in [7, 11) is 1.64. The number of aromatic nitrogens is 3. The van der Waals surface area contributed by atoms with Crippen LogP contribution >= 0.6 is 0 Å². The minimum Gasteiger partial charge on any atom is -0.337 e. The van der Waals surface area contributed by atoms with Crippen LogP contribution in [0.1, 0.15) is 34.3 Å². The van der Waals surface area contributed by atoms with Crippen LogP contribution in [-0.4, -0.2) is 69.6 Å². The molecule has 1 amide bonds. The number of likely N-dealkylation sites (tertiary alicyclic amines) is 1. The number of hydrogen-bond donors (Lipinski definition) is 1. The van der Waals surface area contributed by atoms with Gasteiger partial charge in [0.2, 0.25) is 0 Å². The standard InChI is InChI=1S/C25H25F3N6O2/c1-15-19(7-5-16(10-29)23(15)28)20-12-31-34(25(20)36)22-8-6-17(11-30-22)24(35)33-9-3-4-18(13-33)32(2)14-21(26)27/h5-8,11-12,18,21,31H,3-4,9,13-14H2,1-2H3/t18-/m0/s1. The highest BCUT2D eigenvalue weighted by molar-refractivity contribution is 5.94. The number of aromatic amines is 1. The monoisotopic (exact) mass is 498 g/mol. The molecule has 11 heteroatoms. The molecule has 0 bridgehead atoms. The Morgan fingerprint density at radius 2 is 2.08 bits per heavy atom. The summed E-state index contributed by atoms with van der Waals surface area (Å²) < 4.78 is 41.1. The van der Waals surface area contributed by atoms with Crippen LogP contribution in [0.4, 0.5) is 13.2 Å². The van der Waals surface area contributed by atoms with E-state index in [2.05, 4.69) is 10.1 Å². The molecule has 1 aliphatic heterocycles. The Kier molecular flexibility index (Phi) is 7.26. The van der Waals surface area contributed by atoms with Gasteiger partial charge in [0.25, 0.3) is 17.9 Å². The summed E-state index contributed by atoms with van der Waals surface area (Å²) in [6.45, 7) is 2.03. The highest BCUT2D eigenvalue weighted by Crippen LogP contribution is 2.25. The highest BCUT2D eigenvalue weighted by atomic mass is 19.3. The van der Waals surface area contributed by atoms with Gasteiger partial charge in [-0.15, -0.1) is 0 Å². The molecule has 1 saturated heterocycles. The fourth-order valence-corrected chi connectivity index (χ4v) is 4.49. The van der Waals surface area contributed by atoms with Crippen molar-refractivity contribution in [3.05, 3.63) is 69.5 Å². The van der Waals surface area contributed by atoms with E-state index < -0.39 is 17.8 Å². The lowest BCUT2D eigenvalue weighted by Crippen LogP contribution is -2.49. The average molecular weight is 499 g/mol. The van der Waals surface area contributed by atoms with Crippen LogP contribution in [0.3, 0.4) is 0 Å². The number of nitriles is 1. The summed E-state index contributed by atoms with van der Waals surface area (Å²) in [4.78, 5) is 33.5. The van der Waals surface area contributed by atoms with Crippen molar-refractivity contribution in [2.75, 3.05) is 26.7 Å². The predicted molar refractivity (Wildman–Crippen MR) is 127 cm³/mol. The van der Waals surface area contributed by atoms with E-state index in [1.807, 2.05) is 0 Å². The molecule has 1 N–H and O–H groups in total. The van der Waals surface area contributed by atoms with Crippen molar-refractivity contribution >= 4 is 5.91 Å². The summed E-state index contributed by atoms with van der Waals surface area (Å²) in [5, 5.41) is 11.8. The van der Waals surface area contributed by atoms with Crippen LogP contribution in [0.15, 0.2) is 41.5 Å². The second-order valence-electron chi connectivity index (χ2n) is 8.82. The third-order valence-electron chi connectivity index (χ3n) is 6.53. The normalized spacial score (nSPS) is 15.9. The average Bonchev–Trinajstić information content (AvgIpc) is 3.25. The molecule has 2 aromatic heterocycles. The van der Waals surface area contributed by atoms with Gasteiger partial charge in [-0.2, -0.15) is 5.26 Å². The van der Waals surface area contributed by atoms with Gasteiger partial charge in [0.05, 0.1) is 23.2 Å². The Bertz CT molecular complexity index is 1360. The summed E-state index contributed by atoms with van der Waals surface area (Å²) in [6.07, 6.45) is 1.82. The lowest BCUT2D eigenvalue weighted by atomic mass is 10.0. The molecular formula is C25H25F3N6O2. The number of nitrogens with one attached hydrogen (secondary N) is 1. The van der Waals surface area contributed by atoms with Crippen LogP contribution in [0.25, 0.3) is 16.9 Å². The number of nitrogens with zero attached hydrogens (tertiary/aromatic N) is 5. The molecule has 1 atom stereocenters. The second kappa shape index (κ2) is 10.4. The molecular weight excluding hydrogens is 473 g/mol. The van der Waals surface area contributed by atoms with Crippen molar-refractivity contribution < 1.29 is 18.0 Å². The van der Waals surface area contributed by atoms with Gasteiger partial charge >= 0.3 is 0 Å².